The van der Waals surface area contributed by atoms with Crippen LogP contribution in [0.15, 0.2) is 0 Å². The van der Waals surface area contributed by atoms with Crippen molar-refractivity contribution in [3.05, 3.63) is 0 Å². The Morgan fingerprint density at radius 3 is 0.625 bits per heavy atom. The van der Waals surface area contributed by atoms with Crippen LogP contribution in [0.2, 0.25) is 0 Å². The second-order valence-electron chi connectivity index (χ2n) is 6.31. The van der Waals surface area contributed by atoms with Gasteiger partial charge >= 0.3 is 72.4 Å². The quantitative estimate of drug-likeness (QED) is 0.197. The molecule has 0 saturated heterocycles. The van der Waals surface area contributed by atoms with Gasteiger partial charge in [-0.2, -0.15) is 96.6 Å². The summed E-state index contributed by atoms with van der Waals surface area (Å²) in [6.45, 7) is 0. The highest BCUT2D eigenvalue weighted by molar-refractivity contribution is 5.82. The van der Waals surface area contributed by atoms with Crippen molar-refractivity contribution in [3.63, 3.8) is 0 Å². The molecule has 0 aromatic heterocycles. The van der Waals surface area contributed by atoms with Crippen molar-refractivity contribution in [3.8, 4) is 0 Å². The summed E-state index contributed by atoms with van der Waals surface area (Å²) in [5, 5.41) is 0. The topological polar surface area (TPSA) is 71.1 Å². The molecule has 0 N–H and O–H groups in total. The highest BCUT2D eigenvalue weighted by Crippen LogP contribution is 2.54. The number of halogens is 22. The van der Waals surface area contributed by atoms with Crippen molar-refractivity contribution in [1.82, 2.24) is 0 Å². The highest BCUT2D eigenvalue weighted by atomic mass is 19.4. The molecule has 0 aromatic carbocycles. The molecule has 0 aliphatic heterocycles. The van der Waals surface area contributed by atoms with Gasteiger partial charge in [0.1, 0.15) is 0 Å². The van der Waals surface area contributed by atoms with Gasteiger partial charge in [-0.1, -0.05) is 0 Å². The molecule has 0 fully saturated rings. The van der Waals surface area contributed by atoms with Crippen molar-refractivity contribution >= 4 is 11.9 Å². The Hall–Kier alpha value is -2.68. The van der Waals surface area contributed by atoms with Crippen LogP contribution in [0.1, 0.15) is 0 Å². The first kappa shape index (κ1) is 37.3. The number of alkyl halides is 22. The molecule has 0 amide bonds. The molecular formula is C12F22O6. The molecule has 0 aromatic rings. The number of ether oxygens (including phenoxy) is 2. The highest BCUT2D eigenvalue weighted by Gasteiger charge is 2.83. The van der Waals surface area contributed by atoms with E-state index in [0.29, 0.717) is 0 Å². The predicted molar refractivity (Wildman–Crippen MR) is 66.0 cm³/mol. The summed E-state index contributed by atoms with van der Waals surface area (Å²) >= 11 is 0. The van der Waals surface area contributed by atoms with E-state index in [4.69, 9.17) is 0 Å². The van der Waals surface area contributed by atoms with E-state index >= 15 is 0 Å². The third kappa shape index (κ3) is 6.45. The molecule has 0 aliphatic carbocycles. The normalized spacial score (nSPS) is 18.1. The van der Waals surface area contributed by atoms with Gasteiger partial charge in [0.2, 0.25) is 0 Å². The maximum absolute atomic E-state index is 13.9. The van der Waals surface area contributed by atoms with E-state index in [0.717, 1.165) is 0 Å². The Labute approximate surface area is 199 Å². The first-order chi connectivity index (χ1) is 17.0. The predicted octanol–water partition coefficient (Wildman–Crippen LogP) is 6.06. The van der Waals surface area contributed by atoms with Crippen molar-refractivity contribution in [2.24, 2.45) is 0 Å². The van der Waals surface area contributed by atoms with Crippen LogP contribution in [0, 0.1) is 0 Å². The molecule has 0 aliphatic rings. The lowest BCUT2D eigenvalue weighted by Gasteiger charge is -2.36. The van der Waals surface area contributed by atoms with Crippen LogP contribution >= 0.6 is 0 Å². The standard InChI is InChI=1S/C12F22O6/c13-3(7(17,18)19,39-5(15,9(23,24)25)10(26,27)28)1(35)37-38-2(36)4(14,8(20,21)22)40-6(16,11(29,30)31)12(32,33)34. The number of hydrogen-bond donors (Lipinski definition) is 0. The van der Waals surface area contributed by atoms with Crippen LogP contribution in [0.5, 0.6) is 0 Å². The van der Waals surface area contributed by atoms with Gasteiger partial charge in [0.15, 0.2) is 0 Å². The van der Waals surface area contributed by atoms with Crippen molar-refractivity contribution < 1.29 is 125 Å². The van der Waals surface area contributed by atoms with Crippen LogP contribution in [0.25, 0.3) is 0 Å². The van der Waals surface area contributed by atoms with Crippen LogP contribution in [-0.2, 0) is 28.8 Å². The third-order valence-corrected chi connectivity index (χ3v) is 3.47. The largest absolute Gasteiger partial charge is 0.460 e. The first-order valence-corrected chi connectivity index (χ1v) is 7.96. The minimum Gasteiger partial charge on any atom is -0.277 e. The fourth-order valence-electron chi connectivity index (χ4n) is 1.55. The van der Waals surface area contributed by atoms with E-state index < -0.39 is 72.4 Å². The molecule has 0 bridgehead atoms. The molecule has 0 spiro atoms. The lowest BCUT2D eigenvalue weighted by Crippen LogP contribution is -2.65. The fraction of sp³-hybridized carbons (Fsp3) is 0.833. The van der Waals surface area contributed by atoms with Gasteiger partial charge in [0.25, 0.3) is 0 Å². The average molecular weight is 658 g/mol. The molecule has 2 atom stereocenters. The summed E-state index contributed by atoms with van der Waals surface area (Å²) in [4.78, 5) is 26.0. The minimum absolute atomic E-state index is 1.46. The Bertz CT molecular complexity index is 833. The number of hydrogen-bond acceptors (Lipinski definition) is 6. The van der Waals surface area contributed by atoms with Crippen LogP contribution < -0.4 is 0 Å². The zero-order chi connectivity index (χ0) is 33.0. The van der Waals surface area contributed by atoms with Crippen LogP contribution in [0.4, 0.5) is 96.6 Å². The van der Waals surface area contributed by atoms with Crippen LogP contribution in [0.3, 0.4) is 0 Å². The molecule has 28 heteroatoms. The molecular weight excluding hydrogens is 658 g/mol. The molecule has 0 radical (unpaired) electrons. The number of rotatable bonds is 6. The van der Waals surface area contributed by atoms with Gasteiger partial charge in [-0.25, -0.2) is 19.4 Å². The molecule has 0 heterocycles. The summed E-state index contributed by atoms with van der Waals surface area (Å²) in [5.74, 6) is -40.7. The van der Waals surface area contributed by atoms with Gasteiger partial charge in [-0.15, -0.1) is 0 Å². The summed E-state index contributed by atoms with van der Waals surface area (Å²) < 4.78 is 281. The van der Waals surface area contributed by atoms with Gasteiger partial charge < -0.3 is 0 Å². The summed E-state index contributed by atoms with van der Waals surface area (Å²) in [6.07, 6.45) is -46.8. The lowest BCUT2D eigenvalue weighted by molar-refractivity contribution is -0.489. The number of carbonyl (C=O) groups is 2. The Kier molecular flexibility index (Phi) is 9.33. The van der Waals surface area contributed by atoms with Gasteiger partial charge in [0.05, 0.1) is 0 Å². The van der Waals surface area contributed by atoms with E-state index in [1.165, 1.54) is 9.47 Å². The number of carbonyl (C=O) groups excluding carboxylic acids is 2. The van der Waals surface area contributed by atoms with Gasteiger partial charge in [0, 0.05) is 0 Å². The summed E-state index contributed by atoms with van der Waals surface area (Å²) in [5.41, 5.74) is 0. The van der Waals surface area contributed by atoms with E-state index in [1.54, 1.807) is 0 Å². The van der Waals surface area contributed by atoms with E-state index in [9.17, 15) is 106 Å². The monoisotopic (exact) mass is 658 g/mol. The zero-order valence-corrected chi connectivity index (χ0v) is 16.8. The molecule has 0 saturated carbocycles. The van der Waals surface area contributed by atoms with Crippen molar-refractivity contribution in [1.29, 1.82) is 0 Å². The SMILES string of the molecule is O=C(OOC(=O)C(F)(OC(F)(C(F)(F)F)C(F)(F)F)C(F)(F)F)C(F)(OC(F)(C(F)(F)F)C(F)(F)F)C(F)(F)F. The molecule has 6 nitrogen and oxygen atoms in total. The molecule has 238 valence electrons. The van der Waals surface area contributed by atoms with Gasteiger partial charge in [-0.05, 0) is 0 Å². The Morgan fingerprint density at radius 2 is 0.500 bits per heavy atom. The Morgan fingerprint density at radius 1 is 0.325 bits per heavy atom. The van der Waals surface area contributed by atoms with E-state index in [-0.39, 0.29) is 0 Å². The van der Waals surface area contributed by atoms with E-state index in [1.807, 2.05) is 9.78 Å². The first-order valence-electron chi connectivity index (χ1n) is 7.96. The smallest absolute Gasteiger partial charge is 0.277 e. The third-order valence-electron chi connectivity index (χ3n) is 3.47. The fourth-order valence-corrected chi connectivity index (χ4v) is 1.55. The second kappa shape index (κ2) is 10.00. The van der Waals surface area contributed by atoms with Crippen LogP contribution in [-0.4, -0.2) is 72.4 Å². The second-order valence-corrected chi connectivity index (χ2v) is 6.31. The summed E-state index contributed by atoms with van der Waals surface area (Å²) in [6, 6.07) is 0. The maximum atomic E-state index is 13.9. The van der Waals surface area contributed by atoms with Gasteiger partial charge in [-0.3, -0.25) is 9.47 Å². The minimum atomic E-state index is -7.89. The molecule has 2 unspecified atom stereocenters. The Balaban J connectivity index is 6.61. The average Bonchev–Trinajstić information content (AvgIpc) is 2.66. The van der Waals surface area contributed by atoms with Crippen molar-refractivity contribution in [2.75, 3.05) is 0 Å². The lowest BCUT2D eigenvalue weighted by atomic mass is 10.2. The molecule has 40 heavy (non-hydrogen) atoms. The summed E-state index contributed by atoms with van der Waals surface area (Å²) in [7, 11) is 0. The molecule has 0 rings (SSSR count). The van der Waals surface area contributed by atoms with E-state index in [2.05, 4.69) is 0 Å². The van der Waals surface area contributed by atoms with Crippen molar-refractivity contribution in [2.45, 2.75) is 60.5 Å². The zero-order valence-electron chi connectivity index (χ0n) is 16.8. The maximum Gasteiger partial charge on any atom is 0.460 e.